The molecular weight excluding hydrogens is 322 g/mol. The topological polar surface area (TPSA) is 55.3 Å². The first-order valence-electron chi connectivity index (χ1n) is 7.94. The first-order valence-corrected chi connectivity index (χ1v) is 8.76. The first-order chi connectivity index (χ1) is 11.7. The molecule has 1 unspecified atom stereocenters. The Kier molecular flexibility index (Phi) is 3.90. The summed E-state index contributed by atoms with van der Waals surface area (Å²) in [6.07, 6.45) is 0.796. The standard InChI is InChI=1S/C18H17N3O2S/c1-12-5-4-8-16(19-12)23-13-9-10-21(11-13)18(22)17-20-14-6-2-3-7-15(14)24-17/h2-8,13H,9-11H2,1H3. The van der Waals surface area contributed by atoms with Gasteiger partial charge in [-0.15, -0.1) is 11.3 Å². The van der Waals surface area contributed by atoms with Gasteiger partial charge in [-0.1, -0.05) is 18.2 Å². The number of aryl methyl sites for hydroxylation is 1. The summed E-state index contributed by atoms with van der Waals surface area (Å²) in [5.41, 5.74) is 1.80. The van der Waals surface area contributed by atoms with Crippen molar-refractivity contribution in [2.75, 3.05) is 13.1 Å². The molecule has 1 aromatic carbocycles. The second-order valence-corrected chi connectivity index (χ2v) is 6.91. The predicted octanol–water partition coefficient (Wildman–Crippen LogP) is 3.29. The van der Waals surface area contributed by atoms with E-state index in [9.17, 15) is 4.79 Å². The number of carbonyl (C=O) groups excluding carboxylic acids is 1. The summed E-state index contributed by atoms with van der Waals surface area (Å²) in [5.74, 6) is 0.605. The van der Waals surface area contributed by atoms with Gasteiger partial charge in [0.15, 0.2) is 5.01 Å². The van der Waals surface area contributed by atoms with Crippen molar-refractivity contribution in [3.05, 3.63) is 53.2 Å². The molecule has 4 rings (SSSR count). The maximum Gasteiger partial charge on any atom is 0.283 e. The monoisotopic (exact) mass is 339 g/mol. The van der Waals surface area contributed by atoms with Gasteiger partial charge < -0.3 is 9.64 Å². The number of hydrogen-bond acceptors (Lipinski definition) is 5. The molecule has 24 heavy (non-hydrogen) atoms. The van der Waals surface area contributed by atoms with Gasteiger partial charge in [-0.2, -0.15) is 0 Å². The maximum atomic E-state index is 12.7. The zero-order valence-electron chi connectivity index (χ0n) is 13.3. The lowest BCUT2D eigenvalue weighted by atomic mass is 10.3. The highest BCUT2D eigenvalue weighted by molar-refractivity contribution is 7.20. The molecule has 1 fully saturated rings. The lowest BCUT2D eigenvalue weighted by molar-refractivity contribution is 0.0771. The summed E-state index contributed by atoms with van der Waals surface area (Å²) in [6.45, 7) is 3.19. The molecule has 0 aliphatic carbocycles. The van der Waals surface area contributed by atoms with Crippen molar-refractivity contribution in [1.82, 2.24) is 14.9 Å². The lowest BCUT2D eigenvalue weighted by Gasteiger charge is -2.15. The Morgan fingerprint density at radius 3 is 2.92 bits per heavy atom. The van der Waals surface area contributed by atoms with E-state index in [1.54, 1.807) is 0 Å². The highest BCUT2D eigenvalue weighted by atomic mass is 32.1. The summed E-state index contributed by atoms with van der Waals surface area (Å²) < 4.78 is 6.95. The molecule has 0 bridgehead atoms. The molecule has 0 saturated carbocycles. The Morgan fingerprint density at radius 2 is 2.08 bits per heavy atom. The van der Waals surface area contributed by atoms with Gasteiger partial charge in [-0.25, -0.2) is 9.97 Å². The molecule has 3 aromatic rings. The molecule has 1 atom stereocenters. The third kappa shape index (κ3) is 2.97. The Balaban J connectivity index is 1.45. The number of pyridine rings is 1. The van der Waals surface area contributed by atoms with Crippen molar-refractivity contribution in [3.8, 4) is 5.88 Å². The van der Waals surface area contributed by atoms with Gasteiger partial charge in [0.1, 0.15) is 6.10 Å². The van der Waals surface area contributed by atoms with Crippen molar-refractivity contribution in [3.63, 3.8) is 0 Å². The van der Waals surface area contributed by atoms with E-state index < -0.39 is 0 Å². The number of nitrogens with zero attached hydrogens (tertiary/aromatic N) is 3. The molecule has 2 aromatic heterocycles. The molecule has 1 saturated heterocycles. The lowest BCUT2D eigenvalue weighted by Crippen LogP contribution is -2.30. The van der Waals surface area contributed by atoms with Crippen LogP contribution in [0.3, 0.4) is 0 Å². The van der Waals surface area contributed by atoms with Crippen LogP contribution in [0.2, 0.25) is 0 Å². The van der Waals surface area contributed by atoms with E-state index in [-0.39, 0.29) is 12.0 Å². The number of likely N-dealkylation sites (tertiary alicyclic amines) is 1. The number of hydrogen-bond donors (Lipinski definition) is 0. The zero-order valence-corrected chi connectivity index (χ0v) is 14.1. The van der Waals surface area contributed by atoms with Gasteiger partial charge in [-0.3, -0.25) is 4.79 Å². The predicted molar refractivity (Wildman–Crippen MR) is 93.5 cm³/mol. The van der Waals surface area contributed by atoms with Crippen LogP contribution < -0.4 is 4.74 Å². The molecule has 6 heteroatoms. The summed E-state index contributed by atoms with van der Waals surface area (Å²) in [4.78, 5) is 23.3. The van der Waals surface area contributed by atoms with Crippen LogP contribution in [0.5, 0.6) is 5.88 Å². The van der Waals surface area contributed by atoms with Crippen molar-refractivity contribution < 1.29 is 9.53 Å². The smallest absolute Gasteiger partial charge is 0.283 e. The highest BCUT2D eigenvalue weighted by Crippen LogP contribution is 2.25. The number of benzene rings is 1. The molecule has 1 aliphatic rings. The van der Waals surface area contributed by atoms with Gasteiger partial charge >= 0.3 is 0 Å². The van der Waals surface area contributed by atoms with E-state index >= 15 is 0 Å². The van der Waals surface area contributed by atoms with Crippen LogP contribution in [0.25, 0.3) is 10.2 Å². The van der Waals surface area contributed by atoms with Crippen LogP contribution in [0.1, 0.15) is 21.9 Å². The van der Waals surface area contributed by atoms with Crippen LogP contribution in [0.4, 0.5) is 0 Å². The Morgan fingerprint density at radius 1 is 1.21 bits per heavy atom. The van der Waals surface area contributed by atoms with E-state index in [1.165, 1.54) is 11.3 Å². The van der Waals surface area contributed by atoms with Crippen molar-refractivity contribution in [1.29, 1.82) is 0 Å². The van der Waals surface area contributed by atoms with Crippen LogP contribution in [0, 0.1) is 6.92 Å². The maximum absolute atomic E-state index is 12.7. The van der Waals surface area contributed by atoms with E-state index in [4.69, 9.17) is 4.74 Å². The molecule has 5 nitrogen and oxygen atoms in total. The third-order valence-electron chi connectivity index (χ3n) is 4.06. The first kappa shape index (κ1) is 15.1. The highest BCUT2D eigenvalue weighted by Gasteiger charge is 2.30. The number of fused-ring (bicyclic) bond motifs is 1. The number of aromatic nitrogens is 2. The van der Waals surface area contributed by atoms with Crippen molar-refractivity contribution in [2.45, 2.75) is 19.4 Å². The Hall–Kier alpha value is -2.47. The second-order valence-electron chi connectivity index (χ2n) is 5.88. The average Bonchev–Trinajstić information content (AvgIpc) is 3.20. The molecule has 1 aliphatic heterocycles. The number of amides is 1. The minimum absolute atomic E-state index is 0.0144. The minimum Gasteiger partial charge on any atom is -0.472 e. The van der Waals surface area contributed by atoms with Crippen molar-refractivity contribution >= 4 is 27.5 Å². The Labute approximate surface area is 143 Å². The SMILES string of the molecule is Cc1cccc(OC2CCN(C(=O)c3nc4ccccc4s3)C2)n1. The zero-order chi connectivity index (χ0) is 16.5. The van der Waals surface area contributed by atoms with Gasteiger partial charge in [0.2, 0.25) is 5.88 Å². The van der Waals surface area contributed by atoms with Crippen LogP contribution in [-0.4, -0.2) is 40.0 Å². The van der Waals surface area contributed by atoms with Gasteiger partial charge in [-0.05, 0) is 25.1 Å². The largest absolute Gasteiger partial charge is 0.472 e. The third-order valence-corrected chi connectivity index (χ3v) is 5.08. The number of thiazole rings is 1. The second kappa shape index (κ2) is 6.20. The fourth-order valence-electron chi connectivity index (χ4n) is 2.86. The van der Waals surface area contributed by atoms with Crippen LogP contribution >= 0.6 is 11.3 Å². The number of carbonyl (C=O) groups is 1. The van der Waals surface area contributed by atoms with Gasteiger partial charge in [0.05, 0.1) is 16.8 Å². The molecule has 1 amide bonds. The van der Waals surface area contributed by atoms with Crippen molar-refractivity contribution in [2.24, 2.45) is 0 Å². The van der Waals surface area contributed by atoms with Gasteiger partial charge in [0.25, 0.3) is 5.91 Å². The van der Waals surface area contributed by atoms with E-state index in [0.717, 1.165) is 22.3 Å². The van der Waals surface area contributed by atoms with E-state index in [1.807, 2.05) is 54.3 Å². The Bertz CT molecular complexity index is 860. The van der Waals surface area contributed by atoms with Gasteiger partial charge in [0, 0.05) is 24.7 Å². The molecular formula is C18H17N3O2S. The minimum atomic E-state index is -0.0161. The van der Waals surface area contributed by atoms with E-state index in [2.05, 4.69) is 9.97 Å². The van der Waals surface area contributed by atoms with E-state index in [0.29, 0.717) is 24.0 Å². The molecule has 0 spiro atoms. The molecule has 3 heterocycles. The van der Waals surface area contributed by atoms with Crippen LogP contribution in [0.15, 0.2) is 42.5 Å². The van der Waals surface area contributed by atoms with Crippen LogP contribution in [-0.2, 0) is 0 Å². The number of rotatable bonds is 3. The molecule has 0 radical (unpaired) electrons. The quantitative estimate of drug-likeness (QED) is 0.735. The fourth-order valence-corrected chi connectivity index (χ4v) is 3.80. The average molecular weight is 339 g/mol. The normalized spacial score (nSPS) is 17.4. The number of para-hydroxylation sites is 1. The summed E-state index contributed by atoms with van der Waals surface area (Å²) in [7, 11) is 0. The summed E-state index contributed by atoms with van der Waals surface area (Å²) >= 11 is 1.44. The fraction of sp³-hybridized carbons (Fsp3) is 0.278. The molecule has 122 valence electrons. The number of ether oxygens (including phenoxy) is 1. The molecule has 0 N–H and O–H groups in total. The summed E-state index contributed by atoms with van der Waals surface area (Å²) in [5, 5.41) is 0.547. The summed E-state index contributed by atoms with van der Waals surface area (Å²) in [6, 6.07) is 13.5.